The van der Waals surface area contributed by atoms with Crippen LogP contribution in [0.1, 0.15) is 24.2 Å². The first-order chi connectivity index (χ1) is 9.19. The number of aromatic carboxylic acids is 1. The van der Waals surface area contributed by atoms with E-state index in [1.807, 2.05) is 0 Å². The maximum absolute atomic E-state index is 11.0. The van der Waals surface area contributed by atoms with Gasteiger partial charge in [0.15, 0.2) is 11.5 Å². The first kappa shape index (κ1) is 16.3. The highest BCUT2D eigenvalue weighted by Gasteiger charge is 2.29. The Bertz CT molecular complexity index is 538. The molecule has 0 spiro atoms. The fourth-order valence-electron chi connectivity index (χ4n) is 1.30. The van der Waals surface area contributed by atoms with Crippen molar-refractivity contribution in [3.05, 3.63) is 22.2 Å². The molecule has 0 saturated carbocycles. The van der Waals surface area contributed by atoms with Crippen molar-refractivity contribution in [2.24, 2.45) is 5.41 Å². The molecule has 0 saturated heterocycles. The number of benzene rings is 1. The van der Waals surface area contributed by atoms with Gasteiger partial charge in [-0.25, -0.2) is 4.79 Å². The zero-order valence-electron chi connectivity index (χ0n) is 11.3. The fraction of sp³-hybridized carbons (Fsp3) is 0.385. The predicted molar refractivity (Wildman–Crippen MR) is 74.6 cm³/mol. The molecule has 1 aromatic carbocycles. The van der Waals surface area contributed by atoms with Crippen LogP contribution in [-0.4, -0.2) is 35.9 Å². The van der Waals surface area contributed by atoms with Gasteiger partial charge in [-0.05, 0) is 41.9 Å². The molecule has 7 heteroatoms. The van der Waals surface area contributed by atoms with E-state index in [0.29, 0.717) is 4.47 Å². The number of aliphatic carboxylic acids is 1. The predicted octanol–water partition coefficient (Wildman–Crippen LogP) is 2.65. The number of ether oxygens (including phenoxy) is 2. The van der Waals surface area contributed by atoms with Crippen LogP contribution < -0.4 is 9.47 Å². The summed E-state index contributed by atoms with van der Waals surface area (Å²) in [5, 5.41) is 18.0. The Morgan fingerprint density at radius 1 is 1.30 bits per heavy atom. The van der Waals surface area contributed by atoms with E-state index < -0.39 is 17.4 Å². The van der Waals surface area contributed by atoms with E-state index in [2.05, 4.69) is 15.9 Å². The number of hydrogen-bond donors (Lipinski definition) is 2. The Balaban J connectivity index is 3.07. The summed E-state index contributed by atoms with van der Waals surface area (Å²) >= 11 is 3.20. The average Bonchev–Trinajstić information content (AvgIpc) is 2.35. The first-order valence-electron chi connectivity index (χ1n) is 5.66. The Kier molecular flexibility index (Phi) is 4.99. The number of carboxylic acids is 2. The Labute approximate surface area is 124 Å². The van der Waals surface area contributed by atoms with Crippen LogP contribution in [0.4, 0.5) is 0 Å². The quantitative estimate of drug-likeness (QED) is 0.822. The molecule has 0 atom stereocenters. The van der Waals surface area contributed by atoms with Gasteiger partial charge in [-0.1, -0.05) is 0 Å². The Morgan fingerprint density at radius 3 is 2.35 bits per heavy atom. The smallest absolute Gasteiger partial charge is 0.335 e. The molecule has 0 heterocycles. The van der Waals surface area contributed by atoms with Gasteiger partial charge >= 0.3 is 11.9 Å². The fourth-order valence-corrected chi connectivity index (χ4v) is 1.85. The minimum atomic E-state index is -1.10. The van der Waals surface area contributed by atoms with E-state index >= 15 is 0 Å². The van der Waals surface area contributed by atoms with Crippen LogP contribution in [0.3, 0.4) is 0 Å². The van der Waals surface area contributed by atoms with Gasteiger partial charge in [0.2, 0.25) is 0 Å². The zero-order valence-corrected chi connectivity index (χ0v) is 12.9. The summed E-state index contributed by atoms with van der Waals surface area (Å²) in [5.41, 5.74) is -1.03. The molecular weight excluding hydrogens is 332 g/mol. The van der Waals surface area contributed by atoms with Crippen molar-refractivity contribution in [2.45, 2.75) is 13.8 Å². The number of carbonyl (C=O) groups is 2. The highest BCUT2D eigenvalue weighted by Crippen LogP contribution is 2.37. The number of methoxy groups -OCH3 is 1. The van der Waals surface area contributed by atoms with Gasteiger partial charge in [-0.3, -0.25) is 4.79 Å². The summed E-state index contributed by atoms with van der Waals surface area (Å²) in [4.78, 5) is 22.0. The topological polar surface area (TPSA) is 93.1 Å². The molecule has 0 aromatic heterocycles. The van der Waals surface area contributed by atoms with E-state index in [1.165, 1.54) is 33.1 Å². The third-order valence-corrected chi connectivity index (χ3v) is 3.22. The first-order valence-corrected chi connectivity index (χ1v) is 6.45. The van der Waals surface area contributed by atoms with Gasteiger partial charge in [-0.2, -0.15) is 0 Å². The minimum Gasteiger partial charge on any atom is -0.493 e. The molecule has 0 aliphatic carbocycles. The molecule has 0 unspecified atom stereocenters. The highest BCUT2D eigenvalue weighted by molar-refractivity contribution is 9.10. The normalized spacial score (nSPS) is 11.0. The Hall–Kier alpha value is -1.76. The van der Waals surface area contributed by atoms with Crippen LogP contribution in [0, 0.1) is 5.41 Å². The Morgan fingerprint density at radius 2 is 1.90 bits per heavy atom. The standard InChI is InChI=1S/C13H15BrO6/c1-13(2,12(17)18)6-20-10-8(14)4-7(11(15)16)5-9(10)19-3/h4-5H,6H2,1-3H3,(H,15,16)(H,17,18). The van der Waals surface area contributed by atoms with Gasteiger partial charge in [0.05, 0.1) is 22.6 Å². The summed E-state index contributed by atoms with van der Waals surface area (Å²) in [6.07, 6.45) is 0. The van der Waals surface area contributed by atoms with Crippen LogP contribution in [0.2, 0.25) is 0 Å². The summed E-state index contributed by atoms with van der Waals surface area (Å²) in [6.45, 7) is 2.98. The van der Waals surface area contributed by atoms with E-state index in [4.69, 9.17) is 19.7 Å². The third-order valence-electron chi connectivity index (χ3n) is 2.63. The SMILES string of the molecule is COc1cc(C(=O)O)cc(Br)c1OCC(C)(C)C(=O)O. The van der Waals surface area contributed by atoms with E-state index in [0.717, 1.165) is 0 Å². The largest absolute Gasteiger partial charge is 0.493 e. The van der Waals surface area contributed by atoms with Crippen LogP contribution in [0.25, 0.3) is 0 Å². The zero-order chi connectivity index (χ0) is 15.5. The lowest BCUT2D eigenvalue weighted by Crippen LogP contribution is -2.30. The molecule has 110 valence electrons. The van der Waals surface area contributed by atoms with Gasteiger partial charge in [0, 0.05) is 0 Å². The maximum atomic E-state index is 11.0. The second kappa shape index (κ2) is 6.13. The van der Waals surface area contributed by atoms with Gasteiger partial charge in [-0.15, -0.1) is 0 Å². The number of hydrogen-bond acceptors (Lipinski definition) is 4. The van der Waals surface area contributed by atoms with Gasteiger partial charge < -0.3 is 19.7 Å². The second-order valence-corrected chi connectivity index (χ2v) is 5.63. The van der Waals surface area contributed by atoms with Crippen LogP contribution in [0.5, 0.6) is 11.5 Å². The molecule has 0 aliphatic rings. The van der Waals surface area contributed by atoms with Crippen molar-refractivity contribution in [3.63, 3.8) is 0 Å². The summed E-state index contributed by atoms with van der Waals surface area (Å²) in [6, 6.07) is 2.68. The minimum absolute atomic E-state index is 0.0403. The lowest BCUT2D eigenvalue weighted by molar-refractivity contribution is -0.148. The molecule has 2 N–H and O–H groups in total. The molecule has 0 bridgehead atoms. The van der Waals surface area contributed by atoms with Crippen molar-refractivity contribution >= 4 is 27.9 Å². The van der Waals surface area contributed by atoms with E-state index in [9.17, 15) is 9.59 Å². The van der Waals surface area contributed by atoms with Gasteiger partial charge in [0.25, 0.3) is 0 Å². The third kappa shape index (κ3) is 3.63. The molecule has 0 aliphatic heterocycles. The molecule has 0 radical (unpaired) electrons. The van der Waals surface area contributed by atoms with Crippen LogP contribution in [0.15, 0.2) is 16.6 Å². The van der Waals surface area contributed by atoms with Gasteiger partial charge in [0.1, 0.15) is 6.61 Å². The van der Waals surface area contributed by atoms with Crippen molar-refractivity contribution in [3.8, 4) is 11.5 Å². The summed E-state index contributed by atoms with van der Waals surface area (Å²) in [7, 11) is 1.38. The number of rotatable bonds is 6. The second-order valence-electron chi connectivity index (χ2n) is 4.77. The van der Waals surface area contributed by atoms with E-state index in [-0.39, 0.29) is 23.7 Å². The highest BCUT2D eigenvalue weighted by atomic mass is 79.9. The molecule has 6 nitrogen and oxygen atoms in total. The lowest BCUT2D eigenvalue weighted by Gasteiger charge is -2.21. The lowest BCUT2D eigenvalue weighted by atomic mass is 9.95. The molecule has 20 heavy (non-hydrogen) atoms. The van der Waals surface area contributed by atoms with E-state index in [1.54, 1.807) is 0 Å². The monoisotopic (exact) mass is 346 g/mol. The summed E-state index contributed by atoms with van der Waals surface area (Å²) < 4.78 is 10.9. The molecule has 1 rings (SSSR count). The average molecular weight is 347 g/mol. The molecule has 0 amide bonds. The molecular formula is C13H15BrO6. The van der Waals surface area contributed by atoms with Crippen molar-refractivity contribution in [1.29, 1.82) is 0 Å². The molecule has 1 aromatic rings. The maximum Gasteiger partial charge on any atom is 0.335 e. The van der Waals surface area contributed by atoms with Crippen molar-refractivity contribution < 1.29 is 29.3 Å². The number of carboxylic acid groups (broad SMARTS) is 2. The van der Waals surface area contributed by atoms with Crippen LogP contribution in [-0.2, 0) is 4.79 Å². The van der Waals surface area contributed by atoms with Crippen molar-refractivity contribution in [2.75, 3.05) is 13.7 Å². The van der Waals surface area contributed by atoms with Crippen LogP contribution >= 0.6 is 15.9 Å². The summed E-state index contributed by atoms with van der Waals surface area (Å²) in [5.74, 6) is -1.60. The molecule has 0 fully saturated rings. The number of halogens is 1. The van der Waals surface area contributed by atoms with Crippen molar-refractivity contribution in [1.82, 2.24) is 0 Å².